The molecule has 0 saturated heterocycles. The highest BCUT2D eigenvalue weighted by molar-refractivity contribution is 8.93. The number of nitrogen functional groups attached to an aromatic ring is 1. The summed E-state index contributed by atoms with van der Waals surface area (Å²) in [6, 6.07) is 0. The standard InChI is InChI=1S/C6H7N5.2BrH/c1-11-3-10-4-5(7)8-2-9-6(4)11;;/h2-3H,1H3,(H2,7,8,9);2*1H. The van der Waals surface area contributed by atoms with Crippen LogP contribution in [0.4, 0.5) is 5.82 Å². The van der Waals surface area contributed by atoms with E-state index in [2.05, 4.69) is 15.0 Å². The smallest absolute Gasteiger partial charge is 0.165 e. The number of hydrogen-bond donors (Lipinski definition) is 1. The summed E-state index contributed by atoms with van der Waals surface area (Å²) in [6.45, 7) is 0. The fourth-order valence-electron chi connectivity index (χ4n) is 0.964. The molecule has 2 rings (SSSR count). The van der Waals surface area contributed by atoms with Crippen LogP contribution in [0.1, 0.15) is 0 Å². The number of fused-ring (bicyclic) bond motifs is 1. The van der Waals surface area contributed by atoms with Crippen LogP contribution in [-0.2, 0) is 7.05 Å². The molecule has 2 aromatic heterocycles. The van der Waals surface area contributed by atoms with Crippen molar-refractivity contribution in [2.24, 2.45) is 7.05 Å². The lowest BCUT2D eigenvalue weighted by Gasteiger charge is -1.92. The van der Waals surface area contributed by atoms with Gasteiger partial charge in [0.1, 0.15) is 11.8 Å². The molecular formula is C6H9Br2N5. The van der Waals surface area contributed by atoms with Gasteiger partial charge in [-0.05, 0) is 0 Å². The van der Waals surface area contributed by atoms with Gasteiger partial charge in [0.25, 0.3) is 0 Å². The van der Waals surface area contributed by atoms with Crippen LogP contribution in [0, 0.1) is 0 Å². The average molecular weight is 311 g/mol. The number of nitrogens with zero attached hydrogens (tertiary/aromatic N) is 4. The molecule has 0 fully saturated rings. The minimum atomic E-state index is 0. The molecule has 2 aromatic rings. The molecule has 0 aromatic carbocycles. The monoisotopic (exact) mass is 309 g/mol. The van der Waals surface area contributed by atoms with Crippen LogP contribution in [0.5, 0.6) is 0 Å². The van der Waals surface area contributed by atoms with Gasteiger partial charge in [-0.3, -0.25) is 0 Å². The van der Waals surface area contributed by atoms with E-state index >= 15 is 0 Å². The lowest BCUT2D eigenvalue weighted by Crippen LogP contribution is -1.94. The Balaban J connectivity index is 0.000000720. The zero-order valence-electron chi connectivity index (χ0n) is 6.84. The Hall–Kier alpha value is -0.690. The number of anilines is 1. The molecule has 2 heterocycles. The van der Waals surface area contributed by atoms with Gasteiger partial charge in [-0.25, -0.2) is 15.0 Å². The summed E-state index contributed by atoms with van der Waals surface area (Å²) in [5.41, 5.74) is 6.97. The molecule has 0 aliphatic heterocycles. The average Bonchev–Trinajstić information content (AvgIpc) is 2.35. The molecule has 72 valence electrons. The highest BCUT2D eigenvalue weighted by Crippen LogP contribution is 2.11. The summed E-state index contributed by atoms with van der Waals surface area (Å²) < 4.78 is 1.80. The number of imidazole rings is 1. The van der Waals surface area contributed by atoms with Gasteiger partial charge in [-0.1, -0.05) is 0 Å². The van der Waals surface area contributed by atoms with Gasteiger partial charge in [-0.15, -0.1) is 34.0 Å². The Kier molecular flexibility index (Phi) is 4.28. The van der Waals surface area contributed by atoms with Crippen LogP contribution < -0.4 is 5.73 Å². The summed E-state index contributed by atoms with van der Waals surface area (Å²) in [5, 5.41) is 0. The first-order chi connectivity index (χ1) is 5.29. The second-order valence-electron chi connectivity index (χ2n) is 2.29. The van der Waals surface area contributed by atoms with E-state index in [1.54, 1.807) is 10.9 Å². The zero-order valence-corrected chi connectivity index (χ0v) is 10.3. The van der Waals surface area contributed by atoms with Crippen molar-refractivity contribution in [2.75, 3.05) is 5.73 Å². The van der Waals surface area contributed by atoms with Crippen molar-refractivity contribution >= 4 is 50.9 Å². The third-order valence-electron chi connectivity index (χ3n) is 1.53. The highest BCUT2D eigenvalue weighted by atomic mass is 79.9. The summed E-state index contributed by atoms with van der Waals surface area (Å²) in [5.74, 6) is 0.426. The van der Waals surface area contributed by atoms with Gasteiger partial charge in [0, 0.05) is 7.05 Å². The molecule has 0 unspecified atom stereocenters. The molecular weight excluding hydrogens is 302 g/mol. The first-order valence-electron chi connectivity index (χ1n) is 3.16. The van der Waals surface area contributed by atoms with E-state index in [1.807, 2.05) is 7.05 Å². The van der Waals surface area contributed by atoms with Crippen molar-refractivity contribution in [3.63, 3.8) is 0 Å². The maximum Gasteiger partial charge on any atom is 0.165 e. The maximum atomic E-state index is 5.54. The van der Waals surface area contributed by atoms with Gasteiger partial charge in [-0.2, -0.15) is 0 Å². The van der Waals surface area contributed by atoms with Gasteiger partial charge in [0.05, 0.1) is 6.33 Å². The van der Waals surface area contributed by atoms with E-state index in [1.165, 1.54) is 6.33 Å². The molecule has 0 bridgehead atoms. The van der Waals surface area contributed by atoms with Crippen LogP contribution in [-0.4, -0.2) is 19.5 Å². The molecule has 2 N–H and O–H groups in total. The lowest BCUT2D eigenvalue weighted by atomic mass is 10.5. The van der Waals surface area contributed by atoms with Crippen molar-refractivity contribution in [1.29, 1.82) is 0 Å². The number of aryl methyl sites for hydroxylation is 1. The Morgan fingerprint density at radius 1 is 1.23 bits per heavy atom. The first kappa shape index (κ1) is 12.3. The van der Waals surface area contributed by atoms with Crippen molar-refractivity contribution < 1.29 is 0 Å². The summed E-state index contributed by atoms with van der Waals surface area (Å²) >= 11 is 0. The Morgan fingerprint density at radius 2 is 1.92 bits per heavy atom. The molecule has 13 heavy (non-hydrogen) atoms. The number of nitrogens with two attached hydrogens (primary N) is 1. The van der Waals surface area contributed by atoms with Crippen molar-refractivity contribution in [2.45, 2.75) is 0 Å². The van der Waals surface area contributed by atoms with Crippen LogP contribution in [0.3, 0.4) is 0 Å². The van der Waals surface area contributed by atoms with E-state index in [0.29, 0.717) is 11.3 Å². The van der Waals surface area contributed by atoms with E-state index in [-0.39, 0.29) is 34.0 Å². The quantitative estimate of drug-likeness (QED) is 0.791. The largest absolute Gasteiger partial charge is 0.382 e. The second-order valence-corrected chi connectivity index (χ2v) is 2.29. The third-order valence-corrected chi connectivity index (χ3v) is 1.53. The number of rotatable bonds is 0. The minimum absolute atomic E-state index is 0. The van der Waals surface area contributed by atoms with Crippen LogP contribution in [0.25, 0.3) is 11.2 Å². The van der Waals surface area contributed by atoms with Crippen molar-refractivity contribution in [3.8, 4) is 0 Å². The first-order valence-corrected chi connectivity index (χ1v) is 3.16. The molecule has 0 atom stereocenters. The van der Waals surface area contributed by atoms with E-state index < -0.39 is 0 Å². The van der Waals surface area contributed by atoms with Crippen LogP contribution in [0.15, 0.2) is 12.7 Å². The number of aromatic nitrogens is 4. The zero-order chi connectivity index (χ0) is 7.84. The van der Waals surface area contributed by atoms with E-state index in [4.69, 9.17) is 5.73 Å². The Labute approximate surface area is 95.9 Å². The van der Waals surface area contributed by atoms with Gasteiger partial charge in [0.2, 0.25) is 0 Å². The molecule has 0 amide bonds. The molecule has 5 nitrogen and oxygen atoms in total. The molecule has 0 spiro atoms. The van der Waals surface area contributed by atoms with E-state index in [0.717, 1.165) is 5.65 Å². The summed E-state index contributed by atoms with van der Waals surface area (Å²) in [6.07, 6.45) is 3.09. The molecule has 0 radical (unpaired) electrons. The Bertz CT molecular complexity index is 399. The highest BCUT2D eigenvalue weighted by Gasteiger charge is 2.03. The fraction of sp³-hybridized carbons (Fsp3) is 0.167. The lowest BCUT2D eigenvalue weighted by molar-refractivity contribution is 0.928. The predicted molar refractivity (Wildman–Crippen MR) is 61.4 cm³/mol. The topological polar surface area (TPSA) is 69.6 Å². The predicted octanol–water partition coefficient (Wildman–Crippen LogP) is 1.10. The van der Waals surface area contributed by atoms with E-state index in [9.17, 15) is 0 Å². The summed E-state index contributed by atoms with van der Waals surface area (Å²) in [7, 11) is 1.86. The normalized spacial score (nSPS) is 9.00. The van der Waals surface area contributed by atoms with Crippen molar-refractivity contribution in [1.82, 2.24) is 19.5 Å². The fourth-order valence-corrected chi connectivity index (χ4v) is 0.964. The maximum absolute atomic E-state index is 5.54. The Morgan fingerprint density at radius 3 is 2.54 bits per heavy atom. The number of halogens is 2. The van der Waals surface area contributed by atoms with Crippen molar-refractivity contribution in [3.05, 3.63) is 12.7 Å². The molecule has 0 saturated carbocycles. The summed E-state index contributed by atoms with van der Waals surface area (Å²) in [4.78, 5) is 11.9. The van der Waals surface area contributed by atoms with Gasteiger partial charge in [0.15, 0.2) is 11.5 Å². The van der Waals surface area contributed by atoms with Crippen LogP contribution in [0.2, 0.25) is 0 Å². The SMILES string of the molecule is Br.Br.Cn1cnc2c(N)ncnc21. The molecule has 0 aliphatic rings. The molecule has 7 heteroatoms. The van der Waals surface area contributed by atoms with Crippen LogP contribution >= 0.6 is 34.0 Å². The van der Waals surface area contributed by atoms with Gasteiger partial charge >= 0.3 is 0 Å². The number of hydrogen-bond acceptors (Lipinski definition) is 4. The second kappa shape index (κ2) is 4.52. The minimum Gasteiger partial charge on any atom is -0.382 e. The van der Waals surface area contributed by atoms with Gasteiger partial charge < -0.3 is 10.3 Å². The third kappa shape index (κ3) is 1.97. The molecule has 0 aliphatic carbocycles.